The maximum absolute atomic E-state index is 10.3. The highest BCUT2D eigenvalue weighted by molar-refractivity contribution is 5.64. The monoisotopic (exact) mass is 229 g/mol. The van der Waals surface area contributed by atoms with Gasteiger partial charge in [0.25, 0.3) is 0 Å². The zero-order chi connectivity index (χ0) is 12.3. The molecular weight excluding hydrogens is 216 g/mol. The first kappa shape index (κ1) is 11.5. The molecule has 0 atom stereocenters. The van der Waals surface area contributed by atoms with E-state index in [0.717, 1.165) is 11.3 Å². The van der Waals surface area contributed by atoms with Crippen LogP contribution in [-0.2, 0) is 11.2 Å². The zero-order valence-electron chi connectivity index (χ0n) is 9.60. The third-order valence-corrected chi connectivity index (χ3v) is 2.57. The van der Waals surface area contributed by atoms with Crippen molar-refractivity contribution in [1.29, 1.82) is 0 Å². The van der Waals surface area contributed by atoms with Crippen molar-refractivity contribution in [2.45, 2.75) is 19.8 Å². The van der Waals surface area contributed by atoms with Gasteiger partial charge in [0, 0.05) is 18.0 Å². The van der Waals surface area contributed by atoms with E-state index < -0.39 is 5.97 Å². The fourth-order valence-corrected chi connectivity index (χ4v) is 1.61. The van der Waals surface area contributed by atoms with Crippen LogP contribution in [0.3, 0.4) is 0 Å². The molecule has 0 bridgehead atoms. The molecule has 0 aliphatic rings. The lowest BCUT2D eigenvalue weighted by molar-refractivity contribution is -0.305. The molecule has 0 saturated carbocycles. The van der Waals surface area contributed by atoms with Crippen molar-refractivity contribution in [3.63, 3.8) is 0 Å². The van der Waals surface area contributed by atoms with E-state index in [4.69, 9.17) is 4.42 Å². The molecule has 2 rings (SSSR count). The topological polar surface area (TPSA) is 53.3 Å². The van der Waals surface area contributed by atoms with Crippen molar-refractivity contribution in [2.75, 3.05) is 0 Å². The van der Waals surface area contributed by atoms with Crippen LogP contribution < -0.4 is 5.11 Å². The molecule has 3 heteroatoms. The van der Waals surface area contributed by atoms with Crippen LogP contribution in [0.4, 0.5) is 0 Å². The summed E-state index contributed by atoms with van der Waals surface area (Å²) in [5.74, 6) is 0.376. The maximum Gasteiger partial charge on any atom is 0.134 e. The summed E-state index contributed by atoms with van der Waals surface area (Å²) < 4.78 is 5.57. The van der Waals surface area contributed by atoms with Gasteiger partial charge in [0.15, 0.2) is 0 Å². The van der Waals surface area contributed by atoms with E-state index >= 15 is 0 Å². The summed E-state index contributed by atoms with van der Waals surface area (Å²) in [5.41, 5.74) is 2.19. The molecule has 0 unspecified atom stereocenters. The number of furan rings is 1. The summed E-state index contributed by atoms with van der Waals surface area (Å²) in [6, 6.07) is 11.7. The van der Waals surface area contributed by atoms with Gasteiger partial charge in [-0.15, -0.1) is 0 Å². The number of carboxylic acids is 1. The molecule has 0 N–H and O–H groups in total. The zero-order valence-corrected chi connectivity index (χ0v) is 9.60. The van der Waals surface area contributed by atoms with Gasteiger partial charge in [0.2, 0.25) is 0 Å². The molecule has 0 spiro atoms. The third kappa shape index (κ3) is 2.97. The van der Waals surface area contributed by atoms with E-state index in [9.17, 15) is 9.90 Å². The highest BCUT2D eigenvalue weighted by atomic mass is 16.4. The Morgan fingerprint density at radius 3 is 2.53 bits per heavy atom. The fraction of sp³-hybridized carbons (Fsp3) is 0.214. The van der Waals surface area contributed by atoms with E-state index in [1.807, 2.05) is 37.3 Å². The highest BCUT2D eigenvalue weighted by Crippen LogP contribution is 2.23. The molecular formula is C14H13O3-. The summed E-state index contributed by atoms with van der Waals surface area (Å²) in [5, 5.41) is 10.3. The summed E-state index contributed by atoms with van der Waals surface area (Å²) in [6.07, 6.45) is 0.356. The minimum Gasteiger partial charge on any atom is -0.550 e. The van der Waals surface area contributed by atoms with Crippen molar-refractivity contribution in [2.24, 2.45) is 0 Å². The molecule has 0 radical (unpaired) electrons. The molecule has 0 aliphatic heterocycles. The van der Waals surface area contributed by atoms with E-state index in [2.05, 4.69) is 0 Å². The van der Waals surface area contributed by atoms with Crippen LogP contribution >= 0.6 is 0 Å². The Labute approximate surface area is 99.7 Å². The number of carbonyl (C=O) groups is 1. The minimum absolute atomic E-state index is 0.0130. The molecule has 1 aromatic heterocycles. The lowest BCUT2D eigenvalue weighted by atomic mass is 10.1. The first-order chi connectivity index (χ1) is 8.15. The molecule has 0 fully saturated rings. The Kier molecular flexibility index (Phi) is 3.28. The number of benzene rings is 1. The van der Waals surface area contributed by atoms with E-state index in [-0.39, 0.29) is 6.42 Å². The first-order valence-electron chi connectivity index (χ1n) is 5.51. The number of aliphatic carboxylic acids is 1. The van der Waals surface area contributed by atoms with Gasteiger partial charge in [0.1, 0.15) is 11.5 Å². The van der Waals surface area contributed by atoms with Gasteiger partial charge in [-0.3, -0.25) is 0 Å². The first-order valence-corrected chi connectivity index (χ1v) is 5.51. The largest absolute Gasteiger partial charge is 0.550 e. The number of rotatable bonds is 4. The van der Waals surface area contributed by atoms with Crippen molar-refractivity contribution in [3.05, 3.63) is 47.7 Å². The van der Waals surface area contributed by atoms with Crippen molar-refractivity contribution in [3.8, 4) is 11.3 Å². The Balaban J connectivity index is 2.12. The van der Waals surface area contributed by atoms with Gasteiger partial charge < -0.3 is 14.3 Å². The lowest BCUT2D eigenvalue weighted by Gasteiger charge is -2.00. The molecule has 0 aliphatic carbocycles. The second kappa shape index (κ2) is 4.87. The van der Waals surface area contributed by atoms with E-state index in [1.54, 1.807) is 6.07 Å². The number of hydrogen-bond donors (Lipinski definition) is 0. The second-order valence-corrected chi connectivity index (χ2v) is 4.00. The third-order valence-electron chi connectivity index (χ3n) is 2.57. The molecule has 1 heterocycles. The predicted octanol–water partition coefficient (Wildman–Crippen LogP) is 1.94. The number of aryl methyl sites for hydroxylation is 2. The Hall–Kier alpha value is -2.03. The van der Waals surface area contributed by atoms with Crippen molar-refractivity contribution in [1.82, 2.24) is 0 Å². The molecule has 1 aromatic carbocycles. The van der Waals surface area contributed by atoms with Crippen molar-refractivity contribution >= 4 is 5.97 Å². The van der Waals surface area contributed by atoms with Gasteiger partial charge in [-0.1, -0.05) is 29.8 Å². The van der Waals surface area contributed by atoms with Crippen LogP contribution in [-0.4, -0.2) is 5.97 Å². The van der Waals surface area contributed by atoms with Crippen molar-refractivity contribution < 1.29 is 14.3 Å². The Bertz CT molecular complexity index is 509. The Morgan fingerprint density at radius 1 is 1.18 bits per heavy atom. The maximum atomic E-state index is 10.3. The quantitative estimate of drug-likeness (QED) is 0.805. The average Bonchev–Trinajstić information content (AvgIpc) is 2.76. The smallest absolute Gasteiger partial charge is 0.134 e. The van der Waals surface area contributed by atoms with Crippen LogP contribution in [0.15, 0.2) is 40.8 Å². The number of carbonyl (C=O) groups excluding carboxylic acids is 1. The molecule has 0 saturated heterocycles. The van der Waals surface area contributed by atoms with Crippen LogP contribution in [0.1, 0.15) is 17.7 Å². The molecule has 3 nitrogen and oxygen atoms in total. The minimum atomic E-state index is -1.06. The standard InChI is InChI=1S/C14H14O3/c1-10-2-4-11(5-3-10)13-8-6-12(17-13)7-9-14(15)16/h2-6,8H,7,9H2,1H3,(H,15,16)/p-1. The summed E-state index contributed by atoms with van der Waals surface area (Å²) in [7, 11) is 0. The van der Waals surface area contributed by atoms with Crippen LogP contribution in [0, 0.1) is 6.92 Å². The van der Waals surface area contributed by atoms with Gasteiger partial charge in [-0.2, -0.15) is 0 Å². The Morgan fingerprint density at radius 2 is 1.88 bits per heavy atom. The summed E-state index contributed by atoms with van der Waals surface area (Å²) in [6.45, 7) is 2.03. The SMILES string of the molecule is Cc1ccc(-c2ccc(CCC(=O)[O-])o2)cc1. The molecule has 0 amide bonds. The number of carboxylic acid groups (broad SMARTS) is 1. The predicted molar refractivity (Wildman–Crippen MR) is 62.2 cm³/mol. The van der Waals surface area contributed by atoms with Crippen LogP contribution in [0.25, 0.3) is 11.3 Å². The molecule has 88 valence electrons. The summed E-state index contributed by atoms with van der Waals surface area (Å²) in [4.78, 5) is 10.3. The van der Waals surface area contributed by atoms with E-state index in [0.29, 0.717) is 12.2 Å². The lowest BCUT2D eigenvalue weighted by Crippen LogP contribution is -2.22. The van der Waals surface area contributed by atoms with E-state index in [1.165, 1.54) is 5.56 Å². The number of hydrogen-bond acceptors (Lipinski definition) is 3. The van der Waals surface area contributed by atoms with Gasteiger partial charge in [-0.05, 0) is 25.5 Å². The van der Waals surface area contributed by atoms with Gasteiger partial charge >= 0.3 is 0 Å². The van der Waals surface area contributed by atoms with Crippen LogP contribution in [0.5, 0.6) is 0 Å². The fourth-order valence-electron chi connectivity index (χ4n) is 1.61. The average molecular weight is 229 g/mol. The normalized spacial score (nSPS) is 10.4. The molecule has 17 heavy (non-hydrogen) atoms. The van der Waals surface area contributed by atoms with Gasteiger partial charge in [-0.25, -0.2) is 0 Å². The summed E-state index contributed by atoms with van der Waals surface area (Å²) >= 11 is 0. The van der Waals surface area contributed by atoms with Gasteiger partial charge in [0.05, 0.1) is 0 Å². The highest BCUT2D eigenvalue weighted by Gasteiger charge is 2.04. The second-order valence-electron chi connectivity index (χ2n) is 4.00. The molecule has 2 aromatic rings. The van der Waals surface area contributed by atoms with Crippen LogP contribution in [0.2, 0.25) is 0 Å².